The molecule has 0 atom stereocenters. The van der Waals surface area contributed by atoms with Crippen LogP contribution < -0.4 is 4.90 Å². The highest BCUT2D eigenvalue weighted by atomic mass is 15.2. The monoisotopic (exact) mass is 329 g/mol. The fourth-order valence-corrected chi connectivity index (χ4v) is 4.46. The average molecular weight is 330 g/mol. The Morgan fingerprint density at radius 1 is 1.08 bits per heavy atom. The lowest BCUT2D eigenvalue weighted by Gasteiger charge is -2.39. The van der Waals surface area contributed by atoms with Crippen molar-refractivity contribution in [2.45, 2.75) is 71.8 Å². The van der Waals surface area contributed by atoms with Crippen molar-refractivity contribution in [1.82, 2.24) is 9.88 Å². The van der Waals surface area contributed by atoms with Crippen molar-refractivity contribution < 1.29 is 0 Å². The van der Waals surface area contributed by atoms with E-state index in [0.29, 0.717) is 0 Å². The molecule has 3 heteroatoms. The molecule has 3 nitrogen and oxygen atoms in total. The molecule has 0 radical (unpaired) electrons. The van der Waals surface area contributed by atoms with E-state index in [-0.39, 0.29) is 0 Å². The normalized spacial score (nSPS) is 20.6. The van der Waals surface area contributed by atoms with Crippen molar-refractivity contribution in [2.75, 3.05) is 31.1 Å². The van der Waals surface area contributed by atoms with Gasteiger partial charge in [-0.1, -0.05) is 27.7 Å². The third kappa shape index (κ3) is 3.77. The number of aryl methyl sites for hydroxylation is 1. The molecule has 24 heavy (non-hydrogen) atoms. The number of nitrogens with zero attached hydrogens (tertiary/aromatic N) is 3. The van der Waals surface area contributed by atoms with Crippen LogP contribution >= 0.6 is 0 Å². The molecular formula is C21H35N3. The Balaban J connectivity index is 1.69. The number of rotatable bonds is 6. The van der Waals surface area contributed by atoms with Crippen LogP contribution in [0.25, 0.3) is 0 Å². The van der Waals surface area contributed by atoms with Gasteiger partial charge in [0, 0.05) is 24.8 Å². The Kier molecular flexibility index (Phi) is 5.80. The lowest BCUT2D eigenvalue weighted by molar-refractivity contribution is 0.144. The zero-order valence-electron chi connectivity index (χ0n) is 16.1. The third-order valence-corrected chi connectivity index (χ3v) is 6.10. The van der Waals surface area contributed by atoms with Crippen molar-refractivity contribution in [3.05, 3.63) is 23.4 Å². The van der Waals surface area contributed by atoms with Gasteiger partial charge >= 0.3 is 0 Å². The van der Waals surface area contributed by atoms with Gasteiger partial charge in [0.1, 0.15) is 5.82 Å². The van der Waals surface area contributed by atoms with Gasteiger partial charge in [-0.25, -0.2) is 4.98 Å². The lowest BCUT2D eigenvalue weighted by atomic mass is 9.88. The van der Waals surface area contributed by atoms with E-state index in [1.54, 1.807) is 5.56 Å². The summed E-state index contributed by atoms with van der Waals surface area (Å²) < 4.78 is 0. The second-order valence-corrected chi connectivity index (χ2v) is 7.89. The fourth-order valence-electron chi connectivity index (χ4n) is 4.46. The van der Waals surface area contributed by atoms with Gasteiger partial charge in [0.2, 0.25) is 0 Å². The number of aromatic nitrogens is 1. The van der Waals surface area contributed by atoms with Gasteiger partial charge in [-0.05, 0) is 74.7 Å². The zero-order valence-corrected chi connectivity index (χ0v) is 16.1. The average Bonchev–Trinajstić information content (AvgIpc) is 2.60. The van der Waals surface area contributed by atoms with Crippen molar-refractivity contribution in [2.24, 2.45) is 5.92 Å². The first kappa shape index (κ1) is 17.7. The summed E-state index contributed by atoms with van der Waals surface area (Å²) in [6, 6.07) is 5.56. The fraction of sp³-hybridized carbons (Fsp3) is 0.762. The SMILES string of the molecule is CCc1cc(C2CCN(C(CC)CC)CC2)cc(N2CC(C)C2)n1. The van der Waals surface area contributed by atoms with E-state index in [2.05, 4.69) is 49.6 Å². The van der Waals surface area contributed by atoms with Crippen LogP contribution in [0, 0.1) is 5.92 Å². The predicted molar refractivity (Wildman–Crippen MR) is 103 cm³/mol. The molecule has 0 amide bonds. The van der Waals surface area contributed by atoms with Crippen LogP contribution in [0.15, 0.2) is 12.1 Å². The van der Waals surface area contributed by atoms with Crippen LogP contribution in [0.2, 0.25) is 0 Å². The minimum absolute atomic E-state index is 0.723. The Bertz CT molecular complexity index is 524. The number of likely N-dealkylation sites (tertiary alicyclic amines) is 1. The molecule has 2 aliphatic rings. The van der Waals surface area contributed by atoms with Crippen LogP contribution in [0.5, 0.6) is 0 Å². The molecule has 1 aromatic rings. The molecule has 3 heterocycles. The van der Waals surface area contributed by atoms with E-state index in [1.165, 1.54) is 63.4 Å². The van der Waals surface area contributed by atoms with E-state index in [9.17, 15) is 0 Å². The first-order chi connectivity index (χ1) is 11.6. The van der Waals surface area contributed by atoms with E-state index in [4.69, 9.17) is 4.98 Å². The molecular weight excluding hydrogens is 294 g/mol. The molecule has 0 spiro atoms. The highest BCUT2D eigenvalue weighted by Gasteiger charge is 2.27. The number of anilines is 1. The Morgan fingerprint density at radius 2 is 1.75 bits per heavy atom. The van der Waals surface area contributed by atoms with Gasteiger partial charge in [0.15, 0.2) is 0 Å². The molecule has 1 aromatic heterocycles. The van der Waals surface area contributed by atoms with Gasteiger partial charge in [0.25, 0.3) is 0 Å². The first-order valence-electron chi connectivity index (χ1n) is 10.1. The minimum atomic E-state index is 0.723. The number of pyridine rings is 1. The predicted octanol–water partition coefficient (Wildman–Crippen LogP) is 4.47. The van der Waals surface area contributed by atoms with Crippen LogP contribution in [0.1, 0.15) is 70.6 Å². The van der Waals surface area contributed by atoms with Gasteiger partial charge in [-0.2, -0.15) is 0 Å². The molecule has 0 bridgehead atoms. The van der Waals surface area contributed by atoms with Crippen LogP contribution in [-0.2, 0) is 6.42 Å². The van der Waals surface area contributed by atoms with Gasteiger partial charge in [-0.3, -0.25) is 0 Å². The molecule has 0 saturated carbocycles. The van der Waals surface area contributed by atoms with Crippen molar-refractivity contribution in [3.8, 4) is 0 Å². The highest BCUT2D eigenvalue weighted by Crippen LogP contribution is 2.33. The van der Waals surface area contributed by atoms with Crippen LogP contribution in [0.4, 0.5) is 5.82 Å². The molecule has 134 valence electrons. The lowest BCUT2D eigenvalue weighted by Crippen LogP contribution is -2.45. The number of hydrogen-bond donors (Lipinski definition) is 0. The summed E-state index contributed by atoms with van der Waals surface area (Å²) in [4.78, 5) is 10.1. The molecule has 3 rings (SSSR count). The summed E-state index contributed by atoms with van der Waals surface area (Å²) in [7, 11) is 0. The van der Waals surface area contributed by atoms with Gasteiger partial charge in [-0.15, -0.1) is 0 Å². The largest absolute Gasteiger partial charge is 0.356 e. The van der Waals surface area contributed by atoms with E-state index in [1.807, 2.05) is 0 Å². The van der Waals surface area contributed by atoms with E-state index in [0.717, 1.165) is 24.3 Å². The standard InChI is InChI=1S/C21H35N3/c1-5-19-12-18(13-21(22-19)24-14-16(4)15-24)17-8-10-23(11-9-17)20(6-2)7-3/h12-13,16-17,20H,5-11,14-15H2,1-4H3. The maximum atomic E-state index is 4.89. The van der Waals surface area contributed by atoms with Gasteiger partial charge in [0.05, 0.1) is 0 Å². The quantitative estimate of drug-likeness (QED) is 0.767. The highest BCUT2D eigenvalue weighted by molar-refractivity contribution is 5.46. The van der Waals surface area contributed by atoms with Crippen LogP contribution in [-0.4, -0.2) is 42.1 Å². The van der Waals surface area contributed by atoms with Crippen molar-refractivity contribution in [1.29, 1.82) is 0 Å². The molecule has 2 fully saturated rings. The maximum Gasteiger partial charge on any atom is 0.129 e. The Morgan fingerprint density at radius 3 is 2.29 bits per heavy atom. The van der Waals surface area contributed by atoms with Crippen molar-refractivity contribution >= 4 is 5.82 Å². The molecule has 0 aromatic carbocycles. The summed E-state index contributed by atoms with van der Waals surface area (Å²) in [5, 5.41) is 0. The number of piperidine rings is 1. The second-order valence-electron chi connectivity index (χ2n) is 7.89. The number of hydrogen-bond acceptors (Lipinski definition) is 3. The second kappa shape index (κ2) is 7.86. The molecule has 2 saturated heterocycles. The first-order valence-corrected chi connectivity index (χ1v) is 10.1. The topological polar surface area (TPSA) is 19.4 Å². The summed E-state index contributed by atoms with van der Waals surface area (Å²) >= 11 is 0. The van der Waals surface area contributed by atoms with Crippen molar-refractivity contribution in [3.63, 3.8) is 0 Å². The zero-order chi connectivity index (χ0) is 17.1. The maximum absolute atomic E-state index is 4.89. The van der Waals surface area contributed by atoms with Gasteiger partial charge < -0.3 is 9.80 Å². The third-order valence-electron chi connectivity index (χ3n) is 6.10. The molecule has 0 aliphatic carbocycles. The molecule has 0 unspecified atom stereocenters. The minimum Gasteiger partial charge on any atom is -0.356 e. The van der Waals surface area contributed by atoms with E-state index < -0.39 is 0 Å². The smallest absolute Gasteiger partial charge is 0.129 e. The summed E-state index contributed by atoms with van der Waals surface area (Å²) in [6.45, 7) is 14.1. The summed E-state index contributed by atoms with van der Waals surface area (Å²) in [5.74, 6) is 2.77. The molecule has 0 N–H and O–H groups in total. The molecule has 2 aliphatic heterocycles. The summed E-state index contributed by atoms with van der Waals surface area (Å²) in [5.41, 5.74) is 2.81. The van der Waals surface area contributed by atoms with Crippen LogP contribution in [0.3, 0.4) is 0 Å². The van der Waals surface area contributed by atoms with E-state index >= 15 is 0 Å². The Labute approximate surface area is 148 Å². The Hall–Kier alpha value is -1.09. The summed E-state index contributed by atoms with van der Waals surface area (Å²) in [6.07, 6.45) is 6.22.